The Kier molecular flexibility index (Phi) is 5.64. The van der Waals surface area contributed by atoms with Crippen molar-refractivity contribution in [1.29, 1.82) is 0 Å². The van der Waals surface area contributed by atoms with Gasteiger partial charge in [0.1, 0.15) is 23.0 Å². The van der Waals surface area contributed by atoms with Gasteiger partial charge in [-0.1, -0.05) is 20.8 Å². The highest BCUT2D eigenvalue weighted by Gasteiger charge is 2.17. The highest BCUT2D eigenvalue weighted by Crippen LogP contribution is 2.24. The third-order valence-electron chi connectivity index (χ3n) is 1.46. The summed E-state index contributed by atoms with van der Waals surface area (Å²) in [7, 11) is 0. The first kappa shape index (κ1) is 11.6. The van der Waals surface area contributed by atoms with Gasteiger partial charge in [-0.2, -0.15) is 0 Å². The second kappa shape index (κ2) is 5.32. The summed E-state index contributed by atoms with van der Waals surface area (Å²) in [6.45, 7) is 7.38. The molecule has 1 atom stereocenters. The second-order valence-corrected chi connectivity index (χ2v) is 4.71. The third kappa shape index (κ3) is 7.03. The van der Waals surface area contributed by atoms with Gasteiger partial charge in [0, 0.05) is 12.5 Å². The average molecular weight is 272 g/mol. The fraction of sp³-hybridized carbons (Fsp3) is 1.00. The summed E-state index contributed by atoms with van der Waals surface area (Å²) in [5.41, 5.74) is 0.280. The zero-order valence-electron chi connectivity index (χ0n) is 7.43. The predicted octanol–water partition coefficient (Wildman–Crippen LogP) is 2.40. The molecule has 0 fully saturated rings. The summed E-state index contributed by atoms with van der Waals surface area (Å²) in [4.78, 5) is 0. The molecule has 0 aromatic carbocycles. The molecule has 68 valence electrons. The standard InChI is InChI=1S/C8H17IO2/c1-8(2,3)4-7(5-10)6-11-9/h7,10H,4-6H2,1-3H3. The molecule has 0 saturated heterocycles. The maximum atomic E-state index is 8.94. The Morgan fingerprint density at radius 1 is 1.45 bits per heavy atom. The van der Waals surface area contributed by atoms with Gasteiger partial charge in [-0.3, -0.25) is 0 Å². The van der Waals surface area contributed by atoms with Crippen LogP contribution >= 0.6 is 23.0 Å². The van der Waals surface area contributed by atoms with Crippen molar-refractivity contribution in [2.75, 3.05) is 13.2 Å². The fourth-order valence-corrected chi connectivity index (χ4v) is 1.64. The smallest absolute Gasteiger partial charge is 0.109 e. The second-order valence-electron chi connectivity index (χ2n) is 4.09. The van der Waals surface area contributed by atoms with Gasteiger partial charge in [-0.25, -0.2) is 0 Å². The molecule has 11 heavy (non-hydrogen) atoms. The van der Waals surface area contributed by atoms with E-state index in [1.54, 1.807) is 0 Å². The summed E-state index contributed by atoms with van der Waals surface area (Å²) in [6.07, 6.45) is 1.01. The van der Waals surface area contributed by atoms with Gasteiger partial charge in [-0.05, 0) is 11.8 Å². The number of aliphatic hydroxyl groups excluding tert-OH is 1. The van der Waals surface area contributed by atoms with Crippen LogP contribution in [0.3, 0.4) is 0 Å². The molecule has 0 aliphatic heterocycles. The molecule has 0 amide bonds. The van der Waals surface area contributed by atoms with Gasteiger partial charge in [0.05, 0.1) is 6.61 Å². The van der Waals surface area contributed by atoms with E-state index in [4.69, 9.17) is 8.17 Å². The predicted molar refractivity (Wildman–Crippen MR) is 54.6 cm³/mol. The minimum atomic E-state index is 0.222. The molecule has 1 unspecified atom stereocenters. The molecule has 0 radical (unpaired) electrons. The molecule has 0 heterocycles. The Labute approximate surface area is 83.0 Å². The highest BCUT2D eigenvalue weighted by molar-refractivity contribution is 14.1. The van der Waals surface area contributed by atoms with E-state index in [9.17, 15) is 0 Å². The number of halogens is 1. The van der Waals surface area contributed by atoms with Gasteiger partial charge in [0.2, 0.25) is 0 Å². The van der Waals surface area contributed by atoms with E-state index in [-0.39, 0.29) is 17.9 Å². The Morgan fingerprint density at radius 2 is 2.00 bits per heavy atom. The van der Waals surface area contributed by atoms with Crippen LogP contribution in [-0.2, 0) is 3.07 Å². The van der Waals surface area contributed by atoms with E-state index in [0.29, 0.717) is 6.61 Å². The SMILES string of the molecule is CC(C)(C)CC(CO)COI. The molecule has 0 aliphatic carbocycles. The van der Waals surface area contributed by atoms with E-state index in [1.807, 2.05) is 23.0 Å². The lowest BCUT2D eigenvalue weighted by Gasteiger charge is -2.23. The van der Waals surface area contributed by atoms with E-state index in [0.717, 1.165) is 6.42 Å². The van der Waals surface area contributed by atoms with Crippen molar-refractivity contribution in [3.8, 4) is 0 Å². The fourth-order valence-electron chi connectivity index (χ4n) is 1.13. The van der Waals surface area contributed by atoms with E-state index in [1.165, 1.54) is 0 Å². The number of hydrogen-bond acceptors (Lipinski definition) is 2. The summed E-state index contributed by atoms with van der Waals surface area (Å²) in [6, 6.07) is 0. The maximum Gasteiger partial charge on any atom is 0.109 e. The molecule has 3 heteroatoms. The minimum Gasteiger partial charge on any atom is -0.396 e. The number of rotatable bonds is 4. The summed E-state index contributed by atoms with van der Waals surface area (Å²) >= 11 is 1.87. The van der Waals surface area contributed by atoms with Gasteiger partial charge >= 0.3 is 0 Å². The van der Waals surface area contributed by atoms with Crippen molar-refractivity contribution < 1.29 is 8.17 Å². The van der Waals surface area contributed by atoms with Crippen LogP contribution in [0.2, 0.25) is 0 Å². The summed E-state index contributed by atoms with van der Waals surface area (Å²) in [5.74, 6) is 0.284. The van der Waals surface area contributed by atoms with Gasteiger partial charge in [-0.15, -0.1) is 0 Å². The zero-order chi connectivity index (χ0) is 8.91. The van der Waals surface area contributed by atoms with Gasteiger partial charge in [0.25, 0.3) is 0 Å². The molecule has 0 aromatic heterocycles. The molecule has 0 rings (SSSR count). The van der Waals surface area contributed by atoms with Crippen LogP contribution < -0.4 is 0 Å². The van der Waals surface area contributed by atoms with Crippen LogP contribution in [0.4, 0.5) is 0 Å². The lowest BCUT2D eigenvalue weighted by Crippen LogP contribution is -2.19. The Hall–Kier alpha value is 0.650. The monoisotopic (exact) mass is 272 g/mol. The molecule has 1 N–H and O–H groups in total. The lowest BCUT2D eigenvalue weighted by atomic mass is 9.85. The van der Waals surface area contributed by atoms with Crippen molar-refractivity contribution >= 4 is 23.0 Å². The van der Waals surface area contributed by atoms with Crippen LogP contribution in [0.25, 0.3) is 0 Å². The normalized spacial score (nSPS) is 15.0. The van der Waals surface area contributed by atoms with Gasteiger partial charge in [0.15, 0.2) is 0 Å². The Morgan fingerprint density at radius 3 is 2.27 bits per heavy atom. The van der Waals surface area contributed by atoms with E-state index >= 15 is 0 Å². The van der Waals surface area contributed by atoms with Crippen molar-refractivity contribution in [3.63, 3.8) is 0 Å². The van der Waals surface area contributed by atoms with Crippen molar-refractivity contribution in [3.05, 3.63) is 0 Å². The first-order chi connectivity index (χ1) is 4.99. The molecule has 0 spiro atoms. The average Bonchev–Trinajstić information content (AvgIpc) is 1.84. The third-order valence-corrected chi connectivity index (χ3v) is 1.82. The first-order valence-corrected chi connectivity index (χ1v) is 4.72. The Bertz CT molecular complexity index is 98.8. The largest absolute Gasteiger partial charge is 0.396 e. The van der Waals surface area contributed by atoms with Crippen LogP contribution in [0.1, 0.15) is 27.2 Å². The van der Waals surface area contributed by atoms with Crippen LogP contribution in [-0.4, -0.2) is 18.3 Å². The molecular formula is C8H17IO2. The van der Waals surface area contributed by atoms with E-state index in [2.05, 4.69) is 20.8 Å². The van der Waals surface area contributed by atoms with Crippen LogP contribution in [0.15, 0.2) is 0 Å². The quantitative estimate of drug-likeness (QED) is 0.796. The van der Waals surface area contributed by atoms with Crippen molar-refractivity contribution in [2.24, 2.45) is 11.3 Å². The number of hydrogen-bond donors (Lipinski definition) is 1. The summed E-state index contributed by atoms with van der Waals surface area (Å²) in [5, 5.41) is 8.94. The molecule has 0 bridgehead atoms. The summed E-state index contributed by atoms with van der Waals surface area (Å²) < 4.78 is 4.95. The van der Waals surface area contributed by atoms with Crippen LogP contribution in [0, 0.1) is 11.3 Å². The van der Waals surface area contributed by atoms with Crippen LogP contribution in [0.5, 0.6) is 0 Å². The lowest BCUT2D eigenvalue weighted by molar-refractivity contribution is 0.144. The minimum absolute atomic E-state index is 0.222. The van der Waals surface area contributed by atoms with Crippen molar-refractivity contribution in [2.45, 2.75) is 27.2 Å². The maximum absolute atomic E-state index is 8.94. The first-order valence-electron chi connectivity index (χ1n) is 3.84. The zero-order valence-corrected chi connectivity index (χ0v) is 9.59. The molecular weight excluding hydrogens is 255 g/mol. The van der Waals surface area contributed by atoms with Crippen molar-refractivity contribution in [1.82, 2.24) is 0 Å². The van der Waals surface area contributed by atoms with E-state index < -0.39 is 0 Å². The Balaban J connectivity index is 3.68. The highest BCUT2D eigenvalue weighted by atomic mass is 127. The molecule has 0 aromatic rings. The van der Waals surface area contributed by atoms with Gasteiger partial charge < -0.3 is 8.17 Å². The number of aliphatic hydroxyl groups is 1. The molecule has 2 nitrogen and oxygen atoms in total. The topological polar surface area (TPSA) is 29.5 Å². The molecule has 0 aliphatic rings. The molecule has 0 saturated carbocycles.